The molecule has 3 heterocycles. The lowest BCUT2D eigenvalue weighted by molar-refractivity contribution is -0.00576. The number of carbonyl (C=O) groups excluding carboxylic acids is 2. The Morgan fingerprint density at radius 2 is 1.67 bits per heavy atom. The van der Waals surface area contributed by atoms with Crippen LogP contribution in [0, 0.1) is 19.8 Å². The first-order chi connectivity index (χ1) is 18.9. The molecule has 5 rings (SSSR count). The summed E-state index contributed by atoms with van der Waals surface area (Å²) in [7, 11) is 0. The van der Waals surface area contributed by atoms with Crippen molar-refractivity contribution in [2.75, 3.05) is 32.7 Å². The van der Waals surface area contributed by atoms with Gasteiger partial charge in [-0.2, -0.15) is 0 Å². The summed E-state index contributed by atoms with van der Waals surface area (Å²) >= 11 is 0. The third-order valence-corrected chi connectivity index (χ3v) is 9.89. The predicted octanol–water partition coefficient (Wildman–Crippen LogP) is 6.85. The van der Waals surface area contributed by atoms with Crippen molar-refractivity contribution < 1.29 is 14.3 Å². The molecule has 0 atom stereocenters. The van der Waals surface area contributed by atoms with Crippen molar-refractivity contribution in [1.29, 1.82) is 0 Å². The van der Waals surface area contributed by atoms with Gasteiger partial charge in [0, 0.05) is 57.2 Å². The fourth-order valence-corrected chi connectivity index (χ4v) is 7.51. The van der Waals surface area contributed by atoms with Crippen LogP contribution in [0.15, 0.2) is 30.0 Å². The van der Waals surface area contributed by atoms with Crippen molar-refractivity contribution in [3.05, 3.63) is 46.7 Å². The Hall–Kier alpha value is -2.34. The molecule has 0 unspecified atom stereocenters. The molecule has 1 aliphatic carbocycles. The second kappa shape index (κ2) is 12.4. The normalized spacial score (nSPS) is 24.1. The van der Waals surface area contributed by atoms with Gasteiger partial charge in [-0.15, -0.1) is 0 Å². The van der Waals surface area contributed by atoms with Crippen LogP contribution in [0.4, 0.5) is 4.79 Å². The average molecular weight is 536 g/mol. The molecule has 214 valence electrons. The number of hydrogen-bond donors (Lipinski definition) is 0. The number of unbranched alkanes of at least 4 members (excludes halogenated alkanes) is 2. The van der Waals surface area contributed by atoms with E-state index < -0.39 is 5.60 Å². The molecule has 39 heavy (non-hydrogen) atoms. The second-order valence-electron chi connectivity index (χ2n) is 12.5. The first-order valence-corrected chi connectivity index (χ1v) is 15.7. The third kappa shape index (κ3) is 6.06. The zero-order chi connectivity index (χ0) is 27.4. The van der Waals surface area contributed by atoms with Gasteiger partial charge in [-0.3, -0.25) is 14.6 Å². The second-order valence-corrected chi connectivity index (χ2v) is 12.5. The van der Waals surface area contributed by atoms with Gasteiger partial charge in [-0.25, -0.2) is 4.79 Å². The van der Waals surface area contributed by atoms with Gasteiger partial charge in [0.05, 0.1) is 5.70 Å². The van der Waals surface area contributed by atoms with E-state index in [1.165, 1.54) is 37.8 Å². The fraction of sp³-hybridized carbons (Fsp3) is 0.697. The molecule has 0 N–H and O–H groups in total. The molecule has 4 aliphatic rings. The third-order valence-electron chi connectivity index (χ3n) is 9.89. The number of amides is 2. The number of aryl methyl sites for hydroxylation is 2. The monoisotopic (exact) mass is 535 g/mol. The molecule has 0 bridgehead atoms. The van der Waals surface area contributed by atoms with Gasteiger partial charge >= 0.3 is 6.09 Å². The Bertz CT molecular complexity index is 1020. The summed E-state index contributed by atoms with van der Waals surface area (Å²) in [6, 6.07) is 6.59. The first-order valence-electron chi connectivity index (χ1n) is 15.7. The topological polar surface area (TPSA) is 53.1 Å². The highest BCUT2D eigenvalue weighted by molar-refractivity contribution is 5.97. The van der Waals surface area contributed by atoms with E-state index in [9.17, 15) is 9.59 Å². The quantitative estimate of drug-likeness (QED) is 0.358. The van der Waals surface area contributed by atoms with E-state index in [2.05, 4.69) is 17.9 Å². The molecule has 3 saturated heterocycles. The number of rotatable bonds is 7. The molecule has 1 aromatic rings. The lowest BCUT2D eigenvalue weighted by Gasteiger charge is -2.44. The van der Waals surface area contributed by atoms with E-state index in [0.717, 1.165) is 94.4 Å². The van der Waals surface area contributed by atoms with Crippen molar-refractivity contribution >= 4 is 12.0 Å². The molecule has 4 fully saturated rings. The molecule has 0 radical (unpaired) electrons. The Balaban J connectivity index is 1.20. The summed E-state index contributed by atoms with van der Waals surface area (Å²) in [4.78, 5) is 33.2. The fourth-order valence-electron chi connectivity index (χ4n) is 7.51. The van der Waals surface area contributed by atoms with Crippen molar-refractivity contribution in [2.24, 2.45) is 5.92 Å². The Labute approximate surface area is 235 Å². The lowest BCUT2D eigenvalue weighted by atomic mass is 9.84. The maximum atomic E-state index is 13.3. The zero-order valence-corrected chi connectivity index (χ0v) is 24.6. The first kappa shape index (κ1) is 28.2. The number of ether oxygens (including phenoxy) is 1. The van der Waals surface area contributed by atoms with Crippen LogP contribution < -0.4 is 0 Å². The summed E-state index contributed by atoms with van der Waals surface area (Å²) in [6.07, 6.45) is 15.7. The molecule has 6 nitrogen and oxygen atoms in total. The highest BCUT2D eigenvalue weighted by Crippen LogP contribution is 2.43. The van der Waals surface area contributed by atoms with Crippen LogP contribution in [0.1, 0.15) is 105 Å². The van der Waals surface area contributed by atoms with E-state index in [1.54, 1.807) is 0 Å². The SMILES string of the molecule is CCCC/C=C1\N(CC2CCCCC2)C(=O)OC12CCN(C1CCN(C(=O)c3c(C)cccc3C)CC1)CC2. The number of nitrogens with zero attached hydrogens (tertiary/aromatic N) is 3. The van der Waals surface area contributed by atoms with Gasteiger partial charge < -0.3 is 9.64 Å². The van der Waals surface area contributed by atoms with Crippen LogP contribution in [-0.2, 0) is 4.74 Å². The standard InChI is InChI=1S/C33H49N3O3/c1-4-5-7-15-29-33(39-32(38)36(29)24-27-13-8-6-9-14-27)18-22-34(23-19-33)28-16-20-35(21-17-28)31(37)30-25(2)11-10-12-26(30)3/h10-12,15,27-28H,4-9,13-14,16-24H2,1-3H3/b29-15-. The number of benzene rings is 1. The molecule has 1 saturated carbocycles. The van der Waals surface area contributed by atoms with Crippen molar-refractivity contribution in [3.63, 3.8) is 0 Å². The number of hydrogen-bond acceptors (Lipinski definition) is 4. The summed E-state index contributed by atoms with van der Waals surface area (Å²) in [6.45, 7) is 10.6. The predicted molar refractivity (Wildman–Crippen MR) is 156 cm³/mol. The van der Waals surface area contributed by atoms with Crippen LogP contribution >= 0.6 is 0 Å². The van der Waals surface area contributed by atoms with Crippen molar-refractivity contribution in [1.82, 2.24) is 14.7 Å². The number of allylic oxidation sites excluding steroid dienone is 1. The molecule has 6 heteroatoms. The maximum absolute atomic E-state index is 13.3. The highest BCUT2D eigenvalue weighted by Gasteiger charge is 2.52. The summed E-state index contributed by atoms with van der Waals surface area (Å²) in [5.41, 5.74) is 3.72. The van der Waals surface area contributed by atoms with Gasteiger partial charge in [-0.1, -0.05) is 63.3 Å². The van der Waals surface area contributed by atoms with Crippen LogP contribution in [0.3, 0.4) is 0 Å². The summed E-state index contributed by atoms with van der Waals surface area (Å²) in [5.74, 6) is 0.784. The largest absolute Gasteiger partial charge is 0.436 e. The van der Waals surface area contributed by atoms with Crippen LogP contribution in [0.2, 0.25) is 0 Å². The van der Waals surface area contributed by atoms with E-state index in [1.807, 2.05) is 41.8 Å². The average Bonchev–Trinajstić information content (AvgIpc) is 3.19. The number of piperidine rings is 2. The number of carbonyl (C=O) groups is 2. The lowest BCUT2D eigenvalue weighted by Crippen LogP contribution is -2.52. The Morgan fingerprint density at radius 1 is 1.00 bits per heavy atom. The molecule has 3 aliphatic heterocycles. The van der Waals surface area contributed by atoms with E-state index >= 15 is 0 Å². The van der Waals surface area contributed by atoms with E-state index in [4.69, 9.17) is 4.74 Å². The smallest absolute Gasteiger partial charge is 0.415 e. The molecule has 2 amide bonds. The maximum Gasteiger partial charge on any atom is 0.415 e. The van der Waals surface area contributed by atoms with E-state index in [0.29, 0.717) is 12.0 Å². The molecule has 1 spiro atoms. The zero-order valence-electron chi connectivity index (χ0n) is 24.6. The van der Waals surface area contributed by atoms with Gasteiger partial charge in [0.25, 0.3) is 5.91 Å². The minimum absolute atomic E-state index is 0.116. The highest BCUT2D eigenvalue weighted by atomic mass is 16.6. The number of likely N-dealkylation sites (tertiary alicyclic amines) is 2. The van der Waals surface area contributed by atoms with Crippen LogP contribution in [0.25, 0.3) is 0 Å². The summed E-state index contributed by atoms with van der Waals surface area (Å²) < 4.78 is 6.28. The van der Waals surface area contributed by atoms with E-state index in [-0.39, 0.29) is 12.0 Å². The van der Waals surface area contributed by atoms with Gasteiger partial charge in [0.15, 0.2) is 5.60 Å². The minimum atomic E-state index is -0.449. The van der Waals surface area contributed by atoms with Crippen LogP contribution in [-0.4, -0.2) is 71.1 Å². The summed E-state index contributed by atoms with van der Waals surface area (Å²) in [5, 5.41) is 0. The van der Waals surface area contributed by atoms with Gasteiger partial charge in [0.2, 0.25) is 0 Å². The molecular weight excluding hydrogens is 486 g/mol. The van der Waals surface area contributed by atoms with Gasteiger partial charge in [0.1, 0.15) is 0 Å². The van der Waals surface area contributed by atoms with Crippen molar-refractivity contribution in [2.45, 2.75) is 109 Å². The molecular formula is C33H49N3O3. The van der Waals surface area contributed by atoms with Crippen molar-refractivity contribution in [3.8, 4) is 0 Å². The Kier molecular flexibility index (Phi) is 9.00. The minimum Gasteiger partial charge on any atom is -0.436 e. The Morgan fingerprint density at radius 3 is 2.31 bits per heavy atom. The van der Waals surface area contributed by atoms with Gasteiger partial charge in [-0.05, 0) is 63.0 Å². The molecule has 0 aromatic heterocycles. The molecule has 1 aromatic carbocycles. The van der Waals surface area contributed by atoms with Crippen LogP contribution in [0.5, 0.6) is 0 Å².